The van der Waals surface area contributed by atoms with E-state index in [1.807, 2.05) is 4.90 Å². The zero-order valence-electron chi connectivity index (χ0n) is 9.14. The molecule has 2 nitrogen and oxygen atoms in total. The summed E-state index contributed by atoms with van der Waals surface area (Å²) >= 11 is 5.59. The fourth-order valence-electron chi connectivity index (χ4n) is 3.67. The van der Waals surface area contributed by atoms with E-state index in [1.54, 1.807) is 0 Å². The Hall–Kier alpha value is -0.240. The van der Waals surface area contributed by atoms with Crippen molar-refractivity contribution in [2.45, 2.75) is 46.1 Å². The lowest BCUT2D eigenvalue weighted by Crippen LogP contribution is -2.35. The van der Waals surface area contributed by atoms with E-state index < -0.39 is 0 Å². The SMILES string of the molecule is CC1(C)CC2CC(C)(CN2C(=O)Cl)C1. The average molecular weight is 216 g/mol. The molecule has 1 aliphatic carbocycles. The minimum atomic E-state index is -0.267. The highest BCUT2D eigenvalue weighted by molar-refractivity contribution is 6.62. The van der Waals surface area contributed by atoms with Crippen molar-refractivity contribution in [2.75, 3.05) is 6.54 Å². The number of carbonyl (C=O) groups excluding carboxylic acids is 1. The minimum absolute atomic E-state index is 0.267. The molecule has 0 aromatic carbocycles. The zero-order chi connectivity index (χ0) is 10.6. The van der Waals surface area contributed by atoms with E-state index in [4.69, 9.17) is 11.6 Å². The van der Waals surface area contributed by atoms with Crippen LogP contribution in [0.2, 0.25) is 0 Å². The lowest BCUT2D eigenvalue weighted by molar-refractivity contribution is 0.131. The monoisotopic (exact) mass is 215 g/mol. The van der Waals surface area contributed by atoms with Crippen LogP contribution in [-0.4, -0.2) is 22.9 Å². The van der Waals surface area contributed by atoms with E-state index in [0.29, 0.717) is 16.9 Å². The smallest absolute Gasteiger partial charge is 0.316 e. The van der Waals surface area contributed by atoms with Gasteiger partial charge in [0.2, 0.25) is 0 Å². The van der Waals surface area contributed by atoms with E-state index in [0.717, 1.165) is 19.4 Å². The third-order valence-electron chi connectivity index (χ3n) is 3.64. The van der Waals surface area contributed by atoms with E-state index >= 15 is 0 Å². The number of amides is 1. The van der Waals surface area contributed by atoms with Crippen LogP contribution in [0.5, 0.6) is 0 Å². The molecule has 3 heteroatoms. The van der Waals surface area contributed by atoms with Crippen LogP contribution in [0, 0.1) is 10.8 Å². The molecule has 2 rings (SSSR count). The van der Waals surface area contributed by atoms with Gasteiger partial charge in [0.1, 0.15) is 0 Å². The van der Waals surface area contributed by atoms with Crippen LogP contribution >= 0.6 is 11.6 Å². The summed E-state index contributed by atoms with van der Waals surface area (Å²) in [5.41, 5.74) is 0.662. The molecule has 1 amide bonds. The summed E-state index contributed by atoms with van der Waals surface area (Å²) < 4.78 is 0. The maximum atomic E-state index is 11.2. The predicted octanol–water partition coefficient (Wildman–Crippen LogP) is 3.25. The van der Waals surface area contributed by atoms with Crippen molar-refractivity contribution in [3.63, 3.8) is 0 Å². The first kappa shape index (κ1) is 10.3. The maximum absolute atomic E-state index is 11.2. The molecule has 80 valence electrons. The fourth-order valence-corrected chi connectivity index (χ4v) is 3.86. The van der Waals surface area contributed by atoms with Crippen LogP contribution in [-0.2, 0) is 0 Å². The highest BCUT2D eigenvalue weighted by Gasteiger charge is 2.50. The Kier molecular flexibility index (Phi) is 2.11. The number of likely N-dealkylation sites (tertiary alicyclic amines) is 1. The van der Waals surface area contributed by atoms with Crippen LogP contribution in [0.3, 0.4) is 0 Å². The molecule has 2 fully saturated rings. The molecule has 2 bridgehead atoms. The van der Waals surface area contributed by atoms with Gasteiger partial charge in [-0.25, -0.2) is 0 Å². The summed E-state index contributed by atoms with van der Waals surface area (Å²) in [5.74, 6) is 0. The molecule has 0 aromatic rings. The topological polar surface area (TPSA) is 20.3 Å². The second-order valence-corrected chi connectivity index (χ2v) is 6.42. The Labute approximate surface area is 90.6 Å². The first-order valence-electron chi connectivity index (χ1n) is 5.28. The van der Waals surface area contributed by atoms with Gasteiger partial charge >= 0.3 is 5.37 Å². The van der Waals surface area contributed by atoms with Crippen LogP contribution in [0.1, 0.15) is 40.0 Å². The molecule has 0 spiro atoms. The van der Waals surface area contributed by atoms with Crippen LogP contribution in [0.4, 0.5) is 4.79 Å². The fraction of sp³-hybridized carbons (Fsp3) is 0.909. The molecule has 0 radical (unpaired) electrons. The Morgan fingerprint density at radius 2 is 2.00 bits per heavy atom. The summed E-state index contributed by atoms with van der Waals surface area (Å²) in [6, 6.07) is 0.383. The van der Waals surface area contributed by atoms with Crippen molar-refractivity contribution in [1.82, 2.24) is 4.90 Å². The minimum Gasteiger partial charge on any atom is -0.326 e. The van der Waals surface area contributed by atoms with Crippen LogP contribution < -0.4 is 0 Å². The van der Waals surface area contributed by atoms with Gasteiger partial charge < -0.3 is 4.90 Å². The lowest BCUT2D eigenvalue weighted by atomic mass is 9.65. The van der Waals surface area contributed by atoms with Crippen LogP contribution in [0.15, 0.2) is 0 Å². The molecule has 2 atom stereocenters. The Morgan fingerprint density at radius 1 is 1.36 bits per heavy atom. The third-order valence-corrected chi connectivity index (χ3v) is 3.86. The number of hydrogen-bond donors (Lipinski definition) is 0. The molecular formula is C11H18ClNO. The van der Waals surface area contributed by atoms with Gasteiger partial charge in [0.25, 0.3) is 0 Å². The Morgan fingerprint density at radius 3 is 2.57 bits per heavy atom. The van der Waals surface area contributed by atoms with Gasteiger partial charge in [0.15, 0.2) is 0 Å². The van der Waals surface area contributed by atoms with Crippen LogP contribution in [0.25, 0.3) is 0 Å². The molecule has 1 saturated carbocycles. The van der Waals surface area contributed by atoms with E-state index in [-0.39, 0.29) is 5.37 Å². The molecule has 1 saturated heterocycles. The van der Waals surface area contributed by atoms with Crippen molar-refractivity contribution in [3.05, 3.63) is 0 Å². The first-order chi connectivity index (χ1) is 6.31. The third kappa shape index (κ3) is 1.65. The maximum Gasteiger partial charge on any atom is 0.316 e. The summed E-state index contributed by atoms with van der Waals surface area (Å²) in [5, 5.41) is -0.267. The predicted molar refractivity (Wildman–Crippen MR) is 57.5 cm³/mol. The first-order valence-corrected chi connectivity index (χ1v) is 5.65. The molecule has 1 aliphatic heterocycles. The average Bonchev–Trinajstić information content (AvgIpc) is 2.19. The van der Waals surface area contributed by atoms with Gasteiger partial charge in [-0.15, -0.1) is 0 Å². The van der Waals surface area contributed by atoms with Gasteiger partial charge in [-0.3, -0.25) is 4.79 Å². The second-order valence-electron chi connectivity index (χ2n) is 6.09. The number of halogens is 1. The normalized spacial score (nSPS) is 40.0. The largest absolute Gasteiger partial charge is 0.326 e. The van der Waals surface area contributed by atoms with Crippen molar-refractivity contribution in [1.29, 1.82) is 0 Å². The molecule has 2 unspecified atom stereocenters. The van der Waals surface area contributed by atoms with Gasteiger partial charge in [0.05, 0.1) is 0 Å². The highest BCUT2D eigenvalue weighted by Crippen LogP contribution is 2.52. The van der Waals surface area contributed by atoms with Gasteiger partial charge in [-0.2, -0.15) is 0 Å². The van der Waals surface area contributed by atoms with Crippen molar-refractivity contribution in [3.8, 4) is 0 Å². The number of hydrogen-bond acceptors (Lipinski definition) is 1. The quantitative estimate of drug-likeness (QED) is 0.449. The number of rotatable bonds is 0. The van der Waals surface area contributed by atoms with E-state index in [1.165, 1.54) is 6.42 Å². The van der Waals surface area contributed by atoms with E-state index in [2.05, 4.69) is 20.8 Å². The van der Waals surface area contributed by atoms with E-state index in [9.17, 15) is 4.79 Å². The molecule has 14 heavy (non-hydrogen) atoms. The summed E-state index contributed by atoms with van der Waals surface area (Å²) in [4.78, 5) is 13.1. The standard InChI is InChI=1S/C11H18ClNO/c1-10(2)4-8-5-11(3,6-10)7-13(8)9(12)14/h8H,4-7H2,1-3H3. The number of carbonyl (C=O) groups is 1. The summed E-state index contributed by atoms with van der Waals surface area (Å²) in [7, 11) is 0. The number of nitrogens with zero attached hydrogens (tertiary/aromatic N) is 1. The molecule has 1 heterocycles. The summed E-state index contributed by atoms with van der Waals surface area (Å²) in [6.07, 6.45) is 3.44. The molecule has 2 aliphatic rings. The number of fused-ring (bicyclic) bond motifs is 2. The van der Waals surface area contributed by atoms with Gasteiger partial charge in [-0.05, 0) is 41.7 Å². The van der Waals surface area contributed by atoms with Gasteiger partial charge in [-0.1, -0.05) is 20.8 Å². The van der Waals surface area contributed by atoms with Crippen molar-refractivity contribution in [2.24, 2.45) is 10.8 Å². The molecular weight excluding hydrogens is 198 g/mol. The lowest BCUT2D eigenvalue weighted by Gasteiger charge is -2.39. The Balaban J connectivity index is 2.23. The van der Waals surface area contributed by atoms with Gasteiger partial charge in [0, 0.05) is 12.6 Å². The Bertz CT molecular complexity index is 276. The second kappa shape index (κ2) is 2.88. The molecule has 0 aromatic heterocycles. The van der Waals surface area contributed by atoms with Crippen molar-refractivity contribution < 1.29 is 4.79 Å². The van der Waals surface area contributed by atoms with Crippen molar-refractivity contribution >= 4 is 17.0 Å². The highest BCUT2D eigenvalue weighted by atomic mass is 35.5. The zero-order valence-corrected chi connectivity index (χ0v) is 9.90. The summed E-state index contributed by atoms with van der Waals surface area (Å²) in [6.45, 7) is 7.71. The molecule has 0 N–H and O–H groups in total.